The highest BCUT2D eigenvalue weighted by atomic mass is 32.1. The van der Waals surface area contributed by atoms with Gasteiger partial charge in [0.05, 0.1) is 15.9 Å². The summed E-state index contributed by atoms with van der Waals surface area (Å²) in [6, 6.07) is 14.6. The molecule has 0 saturated heterocycles. The molecule has 178 valence electrons. The molecule has 0 amide bonds. The van der Waals surface area contributed by atoms with Gasteiger partial charge in [-0.05, 0) is 66.6 Å². The molecule has 0 saturated carbocycles. The Kier molecular flexibility index (Phi) is 5.67. The van der Waals surface area contributed by atoms with Crippen LogP contribution in [0.2, 0.25) is 0 Å². The van der Waals surface area contributed by atoms with Crippen molar-refractivity contribution in [3.8, 4) is 33.2 Å². The summed E-state index contributed by atoms with van der Waals surface area (Å²) >= 11 is 1.68. The minimum absolute atomic E-state index is 0.707. The number of thiophene rings is 1. The number of imidazole rings is 1. The predicted molar refractivity (Wildman–Crippen MR) is 148 cm³/mol. The number of H-pyrrole nitrogens is 2. The number of nitrogens with zero attached hydrogens (tertiary/aromatic N) is 4. The molecule has 8 heteroatoms. The van der Waals surface area contributed by atoms with Gasteiger partial charge < -0.3 is 10.3 Å². The number of hydrogen-bond acceptors (Lipinski definition) is 6. The number of hydrogen-bond donors (Lipinski definition) is 3. The number of rotatable bonds is 7. The van der Waals surface area contributed by atoms with E-state index in [-0.39, 0.29) is 0 Å². The molecule has 0 radical (unpaired) electrons. The van der Waals surface area contributed by atoms with Crippen molar-refractivity contribution in [2.45, 2.75) is 20.4 Å². The van der Waals surface area contributed by atoms with Crippen LogP contribution in [0.25, 0.3) is 60.7 Å². The van der Waals surface area contributed by atoms with Gasteiger partial charge in [-0.2, -0.15) is 5.10 Å². The van der Waals surface area contributed by atoms with Crippen molar-refractivity contribution in [3.63, 3.8) is 0 Å². The molecule has 36 heavy (non-hydrogen) atoms. The second-order valence-electron chi connectivity index (χ2n) is 8.78. The van der Waals surface area contributed by atoms with Gasteiger partial charge in [-0.25, -0.2) is 4.98 Å². The fraction of sp³-hybridized carbons (Fsp3) is 0.143. The molecule has 0 aliphatic heterocycles. The minimum atomic E-state index is 0.707. The van der Waals surface area contributed by atoms with Crippen molar-refractivity contribution >= 4 is 38.8 Å². The maximum absolute atomic E-state index is 4.95. The SMILES string of the molecule is C=C(C)c1ccc(-c2nccc3[nH]c(-c4n[nH]c5ccc(-c6cncc(CNCC)c6)cc45)nc23)s1. The molecule has 1 aromatic carbocycles. The van der Waals surface area contributed by atoms with Crippen LogP contribution in [0.15, 0.2) is 67.6 Å². The Morgan fingerprint density at radius 2 is 1.94 bits per heavy atom. The fourth-order valence-electron chi connectivity index (χ4n) is 4.31. The van der Waals surface area contributed by atoms with Crippen LogP contribution in [0.4, 0.5) is 0 Å². The lowest BCUT2D eigenvalue weighted by molar-refractivity contribution is 0.724. The molecule has 0 unspecified atom stereocenters. The van der Waals surface area contributed by atoms with E-state index in [0.29, 0.717) is 5.82 Å². The standard InChI is InChI=1S/C28H25N7S/c1-4-29-13-17-11-19(15-30-14-17)18-5-6-21-20(12-18)25(35-34-21)28-32-22-9-10-31-27(26(22)33-28)24-8-7-23(36-24)16(2)3/h5-12,14-15,29H,2,4,13H2,1,3H3,(H,32,33)(H,34,35). The molecular formula is C28H25N7S. The predicted octanol–water partition coefficient (Wildman–Crippen LogP) is 6.43. The number of aromatic nitrogens is 6. The highest BCUT2D eigenvalue weighted by Gasteiger charge is 2.17. The van der Waals surface area contributed by atoms with Crippen molar-refractivity contribution in [3.05, 3.63) is 78.1 Å². The smallest absolute Gasteiger partial charge is 0.159 e. The molecular weight excluding hydrogens is 466 g/mol. The van der Waals surface area contributed by atoms with Crippen LogP contribution >= 0.6 is 11.3 Å². The van der Waals surface area contributed by atoms with E-state index in [2.05, 4.69) is 80.4 Å². The summed E-state index contributed by atoms with van der Waals surface area (Å²) < 4.78 is 0. The van der Waals surface area contributed by atoms with Gasteiger partial charge in [0.1, 0.15) is 16.9 Å². The third kappa shape index (κ3) is 4.00. The average molecular weight is 492 g/mol. The van der Waals surface area contributed by atoms with Crippen molar-refractivity contribution in [2.24, 2.45) is 0 Å². The molecule has 3 N–H and O–H groups in total. The normalized spacial score (nSPS) is 11.5. The maximum Gasteiger partial charge on any atom is 0.159 e. The average Bonchev–Trinajstić information content (AvgIpc) is 3.64. The fourth-order valence-corrected chi connectivity index (χ4v) is 5.24. The second-order valence-corrected chi connectivity index (χ2v) is 9.86. The van der Waals surface area contributed by atoms with E-state index < -0.39 is 0 Å². The quantitative estimate of drug-likeness (QED) is 0.239. The molecule has 6 rings (SSSR count). The first kappa shape index (κ1) is 22.3. The zero-order valence-corrected chi connectivity index (χ0v) is 20.9. The summed E-state index contributed by atoms with van der Waals surface area (Å²) in [5.41, 5.74) is 8.69. The first-order valence-electron chi connectivity index (χ1n) is 11.8. The lowest BCUT2D eigenvalue weighted by atomic mass is 10.0. The van der Waals surface area contributed by atoms with Crippen LogP contribution in [0.1, 0.15) is 24.3 Å². The number of nitrogens with one attached hydrogen (secondary N) is 3. The molecule has 0 fully saturated rings. The minimum Gasteiger partial charge on any atom is -0.336 e. The van der Waals surface area contributed by atoms with E-state index in [0.717, 1.165) is 78.4 Å². The van der Waals surface area contributed by atoms with Gasteiger partial charge >= 0.3 is 0 Å². The third-order valence-electron chi connectivity index (χ3n) is 6.16. The Bertz CT molecular complexity index is 1720. The van der Waals surface area contributed by atoms with E-state index in [1.807, 2.05) is 31.6 Å². The maximum atomic E-state index is 4.95. The summed E-state index contributed by atoms with van der Waals surface area (Å²) in [6.45, 7) is 9.89. The largest absolute Gasteiger partial charge is 0.336 e. The lowest BCUT2D eigenvalue weighted by Crippen LogP contribution is -2.11. The third-order valence-corrected chi connectivity index (χ3v) is 7.41. The summed E-state index contributed by atoms with van der Waals surface area (Å²) in [7, 11) is 0. The van der Waals surface area contributed by atoms with Gasteiger partial charge in [0, 0.05) is 41.0 Å². The number of aromatic amines is 2. The molecule has 0 atom stereocenters. The van der Waals surface area contributed by atoms with Crippen LogP contribution in [0.5, 0.6) is 0 Å². The molecule has 0 spiro atoms. The van der Waals surface area contributed by atoms with Gasteiger partial charge in [-0.15, -0.1) is 11.3 Å². The molecule has 5 aromatic heterocycles. The Hall–Kier alpha value is -4.14. The number of fused-ring (bicyclic) bond motifs is 2. The van der Waals surface area contributed by atoms with Crippen LogP contribution in [-0.4, -0.2) is 36.7 Å². The van der Waals surface area contributed by atoms with Crippen LogP contribution in [0.3, 0.4) is 0 Å². The topological polar surface area (TPSA) is 95.2 Å². The van der Waals surface area contributed by atoms with E-state index >= 15 is 0 Å². The van der Waals surface area contributed by atoms with Crippen molar-refractivity contribution in [1.82, 2.24) is 35.5 Å². The van der Waals surface area contributed by atoms with E-state index in [1.54, 1.807) is 11.3 Å². The highest BCUT2D eigenvalue weighted by Crippen LogP contribution is 2.35. The Labute approximate surface area is 212 Å². The number of pyridine rings is 2. The highest BCUT2D eigenvalue weighted by molar-refractivity contribution is 7.16. The summed E-state index contributed by atoms with van der Waals surface area (Å²) in [5.74, 6) is 0.707. The molecule has 6 aromatic rings. The van der Waals surface area contributed by atoms with E-state index in [9.17, 15) is 0 Å². The second kappa shape index (κ2) is 9.14. The van der Waals surface area contributed by atoms with E-state index in [4.69, 9.17) is 4.98 Å². The first-order valence-corrected chi connectivity index (χ1v) is 12.7. The molecule has 0 aliphatic rings. The Balaban J connectivity index is 1.42. The van der Waals surface area contributed by atoms with Gasteiger partial charge in [-0.1, -0.05) is 19.6 Å². The van der Waals surface area contributed by atoms with E-state index in [1.165, 1.54) is 0 Å². The zero-order valence-electron chi connectivity index (χ0n) is 20.1. The van der Waals surface area contributed by atoms with Crippen molar-refractivity contribution < 1.29 is 0 Å². The zero-order chi connectivity index (χ0) is 24.6. The molecule has 7 nitrogen and oxygen atoms in total. The molecule has 5 heterocycles. The molecule has 0 bridgehead atoms. The molecule has 0 aliphatic carbocycles. The number of benzene rings is 1. The monoisotopic (exact) mass is 491 g/mol. The van der Waals surface area contributed by atoms with Crippen molar-refractivity contribution in [1.29, 1.82) is 0 Å². The summed E-state index contributed by atoms with van der Waals surface area (Å²) in [4.78, 5) is 19.7. The van der Waals surface area contributed by atoms with Crippen LogP contribution in [-0.2, 0) is 6.54 Å². The van der Waals surface area contributed by atoms with Crippen LogP contribution in [0, 0.1) is 0 Å². The summed E-state index contributed by atoms with van der Waals surface area (Å²) in [5, 5.41) is 12.1. The van der Waals surface area contributed by atoms with Gasteiger partial charge in [-0.3, -0.25) is 15.1 Å². The first-order chi connectivity index (χ1) is 17.6. The van der Waals surface area contributed by atoms with Crippen LogP contribution < -0.4 is 5.32 Å². The van der Waals surface area contributed by atoms with Crippen molar-refractivity contribution in [2.75, 3.05) is 6.54 Å². The van der Waals surface area contributed by atoms with Gasteiger partial charge in [0.15, 0.2) is 5.82 Å². The summed E-state index contributed by atoms with van der Waals surface area (Å²) in [6.07, 6.45) is 5.62. The Morgan fingerprint density at radius 1 is 1.03 bits per heavy atom. The number of allylic oxidation sites excluding steroid dienone is 1. The van der Waals surface area contributed by atoms with Gasteiger partial charge in [0.2, 0.25) is 0 Å². The Morgan fingerprint density at radius 3 is 2.78 bits per heavy atom. The van der Waals surface area contributed by atoms with Gasteiger partial charge in [0.25, 0.3) is 0 Å². The lowest BCUT2D eigenvalue weighted by Gasteiger charge is -2.06.